The second kappa shape index (κ2) is 5.03. The van der Waals surface area contributed by atoms with Crippen LogP contribution >= 0.6 is 0 Å². The van der Waals surface area contributed by atoms with E-state index in [0.717, 1.165) is 6.04 Å². The van der Waals surface area contributed by atoms with Gasteiger partial charge in [0.25, 0.3) is 9.04 Å². The minimum Gasteiger partial charge on any atom is -0.514 e. The molecule has 0 aliphatic carbocycles. The second-order valence-corrected chi connectivity index (χ2v) is 4.14. The molecule has 0 spiro atoms. The van der Waals surface area contributed by atoms with Crippen molar-refractivity contribution in [1.82, 2.24) is 0 Å². The summed E-state index contributed by atoms with van der Waals surface area (Å²) in [5.74, 6) is -0.326. The number of carbonyl (C=O) groups is 1. The lowest BCUT2D eigenvalue weighted by molar-refractivity contribution is -0.129. The molecule has 0 amide bonds. The average Bonchev–Trinajstić information content (AvgIpc) is 1.88. The largest absolute Gasteiger partial charge is 0.514 e. The molecular weight excluding hydrogens is 144 g/mol. The van der Waals surface area contributed by atoms with Gasteiger partial charge >= 0.3 is 5.97 Å². The van der Waals surface area contributed by atoms with Crippen LogP contribution in [0.2, 0.25) is 12.6 Å². The molecule has 0 aliphatic heterocycles. The minimum atomic E-state index is -0.899. The van der Waals surface area contributed by atoms with E-state index in [1.54, 1.807) is 0 Å². The van der Waals surface area contributed by atoms with Gasteiger partial charge in [0.15, 0.2) is 0 Å². The monoisotopic (exact) mass is 155 g/mol. The second-order valence-electron chi connectivity index (χ2n) is 1.83. The zero-order valence-corrected chi connectivity index (χ0v) is 7.31. The van der Waals surface area contributed by atoms with Crippen molar-refractivity contribution in [3.8, 4) is 0 Å². The van der Waals surface area contributed by atoms with Crippen LogP contribution in [0, 0.1) is 0 Å². The lowest BCUT2D eigenvalue weighted by atomic mass is 10.6. The standard InChI is InChI=1S/C7H11O2Si/c1-4-6-7(8)9-10(3)5-2/h6H,1,5H2,2-3H3. The summed E-state index contributed by atoms with van der Waals surface area (Å²) < 4.78 is 4.94. The van der Waals surface area contributed by atoms with Gasteiger partial charge in [-0.25, -0.2) is 4.79 Å². The van der Waals surface area contributed by atoms with E-state index in [9.17, 15) is 4.79 Å². The highest BCUT2D eigenvalue weighted by atomic mass is 28.3. The van der Waals surface area contributed by atoms with Gasteiger partial charge in [0.2, 0.25) is 0 Å². The molecule has 0 bridgehead atoms. The fourth-order valence-electron chi connectivity index (χ4n) is 0.357. The summed E-state index contributed by atoms with van der Waals surface area (Å²) in [7, 11) is -0.899. The van der Waals surface area contributed by atoms with Gasteiger partial charge in [0, 0.05) is 0 Å². The van der Waals surface area contributed by atoms with E-state index in [1.165, 1.54) is 6.08 Å². The van der Waals surface area contributed by atoms with Gasteiger partial charge in [-0.05, 0) is 12.6 Å². The first kappa shape index (κ1) is 9.21. The predicted octanol–water partition coefficient (Wildman–Crippen LogP) is 1.51. The Hall–Kier alpha value is -0.793. The summed E-state index contributed by atoms with van der Waals surface area (Å²) in [6, 6.07) is 0.932. The molecule has 0 atom stereocenters. The Bertz CT molecular complexity index is 159. The summed E-state index contributed by atoms with van der Waals surface area (Å²) in [6.45, 7) is 7.21. The maximum absolute atomic E-state index is 10.7. The smallest absolute Gasteiger partial charge is 0.325 e. The molecule has 2 nitrogen and oxygen atoms in total. The lowest BCUT2D eigenvalue weighted by Crippen LogP contribution is -2.15. The first-order valence-electron chi connectivity index (χ1n) is 3.10. The Balaban J connectivity index is 3.67. The SMILES string of the molecule is C=C=CC(=O)O[Si](C)CC. The van der Waals surface area contributed by atoms with E-state index in [1.807, 2.05) is 13.5 Å². The molecule has 0 aromatic heterocycles. The maximum atomic E-state index is 10.7. The quantitative estimate of drug-likeness (QED) is 0.351. The first-order valence-corrected chi connectivity index (χ1v) is 5.22. The van der Waals surface area contributed by atoms with Crippen LogP contribution in [0.4, 0.5) is 0 Å². The molecule has 55 valence electrons. The van der Waals surface area contributed by atoms with E-state index >= 15 is 0 Å². The van der Waals surface area contributed by atoms with E-state index in [4.69, 9.17) is 4.43 Å². The van der Waals surface area contributed by atoms with Crippen LogP contribution in [0.25, 0.3) is 0 Å². The zero-order valence-electron chi connectivity index (χ0n) is 6.31. The third-order valence-corrected chi connectivity index (χ3v) is 2.54. The highest BCUT2D eigenvalue weighted by Crippen LogP contribution is 1.92. The molecule has 0 saturated carbocycles. The van der Waals surface area contributed by atoms with Gasteiger partial charge in [0.1, 0.15) is 0 Å². The summed E-state index contributed by atoms with van der Waals surface area (Å²) in [5, 5.41) is 0. The normalized spacial score (nSPS) is 8.70. The molecule has 0 aromatic carbocycles. The van der Waals surface area contributed by atoms with Crippen molar-refractivity contribution in [3.05, 3.63) is 18.4 Å². The van der Waals surface area contributed by atoms with Crippen molar-refractivity contribution >= 4 is 15.0 Å². The highest BCUT2D eigenvalue weighted by Gasteiger charge is 2.06. The molecular formula is C7H11O2Si. The summed E-state index contributed by atoms with van der Waals surface area (Å²) in [4.78, 5) is 10.7. The molecule has 0 N–H and O–H groups in total. The summed E-state index contributed by atoms with van der Waals surface area (Å²) in [6.07, 6.45) is 1.21. The molecule has 0 saturated heterocycles. The molecule has 10 heavy (non-hydrogen) atoms. The molecule has 0 aromatic rings. The van der Waals surface area contributed by atoms with Gasteiger partial charge in [-0.2, -0.15) is 0 Å². The van der Waals surface area contributed by atoms with Crippen LogP contribution in [0.3, 0.4) is 0 Å². The van der Waals surface area contributed by atoms with Crippen LogP contribution in [-0.2, 0) is 9.22 Å². The minimum absolute atomic E-state index is 0.326. The predicted molar refractivity (Wildman–Crippen MR) is 41.9 cm³/mol. The number of rotatable bonds is 3. The Kier molecular flexibility index (Phi) is 4.63. The topological polar surface area (TPSA) is 26.3 Å². The van der Waals surface area contributed by atoms with Crippen molar-refractivity contribution in [2.24, 2.45) is 0 Å². The van der Waals surface area contributed by atoms with Crippen molar-refractivity contribution in [2.45, 2.75) is 19.5 Å². The highest BCUT2D eigenvalue weighted by molar-refractivity contribution is 6.52. The number of hydrogen-bond acceptors (Lipinski definition) is 2. The van der Waals surface area contributed by atoms with Crippen LogP contribution in [0.1, 0.15) is 6.92 Å². The van der Waals surface area contributed by atoms with Gasteiger partial charge in [-0.3, -0.25) is 0 Å². The Morgan fingerprint density at radius 1 is 1.90 bits per heavy atom. The third-order valence-electron chi connectivity index (χ3n) is 0.993. The molecule has 0 rings (SSSR count). The molecule has 3 heteroatoms. The van der Waals surface area contributed by atoms with Crippen LogP contribution in [0.15, 0.2) is 18.4 Å². The Morgan fingerprint density at radius 2 is 2.50 bits per heavy atom. The van der Waals surface area contributed by atoms with Crippen molar-refractivity contribution < 1.29 is 9.22 Å². The Morgan fingerprint density at radius 3 is 2.90 bits per heavy atom. The average molecular weight is 155 g/mol. The number of carbonyl (C=O) groups excluding carboxylic acids is 1. The summed E-state index contributed by atoms with van der Waals surface area (Å²) >= 11 is 0. The molecule has 0 fully saturated rings. The van der Waals surface area contributed by atoms with Gasteiger partial charge in [0.05, 0.1) is 6.08 Å². The zero-order chi connectivity index (χ0) is 7.98. The third kappa shape index (κ3) is 4.12. The molecule has 0 unspecified atom stereocenters. The van der Waals surface area contributed by atoms with Gasteiger partial charge in [-0.15, -0.1) is 5.73 Å². The van der Waals surface area contributed by atoms with E-state index in [2.05, 4.69) is 12.3 Å². The van der Waals surface area contributed by atoms with E-state index < -0.39 is 9.04 Å². The Labute approximate surface area is 62.9 Å². The molecule has 0 heterocycles. The van der Waals surface area contributed by atoms with Crippen molar-refractivity contribution in [3.63, 3.8) is 0 Å². The molecule has 1 radical (unpaired) electrons. The van der Waals surface area contributed by atoms with Crippen LogP contribution in [-0.4, -0.2) is 15.0 Å². The van der Waals surface area contributed by atoms with Crippen LogP contribution in [0.5, 0.6) is 0 Å². The van der Waals surface area contributed by atoms with Crippen molar-refractivity contribution in [1.29, 1.82) is 0 Å². The van der Waals surface area contributed by atoms with E-state index in [0.29, 0.717) is 0 Å². The van der Waals surface area contributed by atoms with Gasteiger partial charge in [-0.1, -0.05) is 13.5 Å². The summed E-state index contributed by atoms with van der Waals surface area (Å²) in [5.41, 5.74) is 2.36. The van der Waals surface area contributed by atoms with Gasteiger partial charge < -0.3 is 4.43 Å². The maximum Gasteiger partial charge on any atom is 0.325 e. The first-order chi connectivity index (χ1) is 4.70. The van der Waals surface area contributed by atoms with E-state index in [-0.39, 0.29) is 5.97 Å². The number of hydrogen-bond donors (Lipinski definition) is 0. The fourth-order valence-corrected chi connectivity index (χ4v) is 0.903. The fraction of sp³-hybridized carbons (Fsp3) is 0.429. The van der Waals surface area contributed by atoms with Crippen LogP contribution < -0.4 is 0 Å². The lowest BCUT2D eigenvalue weighted by Gasteiger charge is -2.04. The molecule has 0 aliphatic rings. The van der Waals surface area contributed by atoms with Crippen molar-refractivity contribution in [2.75, 3.05) is 0 Å².